The molecule has 0 fully saturated rings. The van der Waals surface area contributed by atoms with Gasteiger partial charge in [0.1, 0.15) is 5.75 Å². The number of amides is 2. The Morgan fingerprint density at radius 1 is 1.27 bits per heavy atom. The van der Waals surface area contributed by atoms with E-state index in [9.17, 15) is 9.59 Å². The number of carbonyl (C=O) groups is 2. The number of benzene rings is 1. The molecule has 2 amide bonds. The first-order valence-corrected chi connectivity index (χ1v) is 7.14. The zero-order chi connectivity index (χ0) is 16.5. The van der Waals surface area contributed by atoms with Crippen LogP contribution in [0.15, 0.2) is 24.3 Å². The molecule has 0 aliphatic carbocycles. The van der Waals surface area contributed by atoms with Crippen LogP contribution in [0.25, 0.3) is 0 Å². The summed E-state index contributed by atoms with van der Waals surface area (Å²) in [5.41, 5.74) is 0.907. The van der Waals surface area contributed by atoms with E-state index >= 15 is 0 Å². The third kappa shape index (κ3) is 5.37. The second-order valence-corrected chi connectivity index (χ2v) is 5.05. The van der Waals surface area contributed by atoms with Crippen LogP contribution < -0.4 is 10.1 Å². The topological polar surface area (TPSA) is 67.9 Å². The Hall–Kier alpha value is -2.08. The van der Waals surface area contributed by atoms with E-state index in [4.69, 9.17) is 9.47 Å². The third-order valence-electron chi connectivity index (χ3n) is 3.28. The number of nitrogens with one attached hydrogen (secondary N) is 1. The number of nitrogens with zero attached hydrogens (tertiary/aromatic N) is 1. The molecule has 0 radical (unpaired) electrons. The molecule has 22 heavy (non-hydrogen) atoms. The first kappa shape index (κ1) is 18.0. The molecule has 1 aromatic rings. The molecule has 0 spiro atoms. The fourth-order valence-corrected chi connectivity index (χ4v) is 2.14. The van der Waals surface area contributed by atoms with Crippen molar-refractivity contribution in [3.63, 3.8) is 0 Å². The molecule has 1 atom stereocenters. The molecule has 0 saturated carbocycles. The van der Waals surface area contributed by atoms with Gasteiger partial charge in [-0.2, -0.15) is 0 Å². The van der Waals surface area contributed by atoms with Gasteiger partial charge in [0.05, 0.1) is 26.3 Å². The highest BCUT2D eigenvalue weighted by molar-refractivity contribution is 5.83. The molecule has 122 valence electrons. The second-order valence-electron chi connectivity index (χ2n) is 5.05. The zero-order valence-electron chi connectivity index (χ0n) is 13.6. The van der Waals surface area contributed by atoms with E-state index in [-0.39, 0.29) is 24.4 Å². The summed E-state index contributed by atoms with van der Waals surface area (Å²) < 4.78 is 10.5. The van der Waals surface area contributed by atoms with Gasteiger partial charge in [-0.1, -0.05) is 18.2 Å². The van der Waals surface area contributed by atoms with E-state index < -0.39 is 0 Å². The molecule has 0 heterocycles. The quantitative estimate of drug-likeness (QED) is 0.783. The Morgan fingerprint density at radius 2 is 1.95 bits per heavy atom. The molecule has 1 aromatic carbocycles. The number of hydrogen-bond donors (Lipinski definition) is 1. The highest BCUT2D eigenvalue weighted by Crippen LogP contribution is 2.20. The van der Waals surface area contributed by atoms with Gasteiger partial charge in [0.25, 0.3) is 0 Å². The fraction of sp³-hybridized carbons (Fsp3) is 0.500. The maximum absolute atomic E-state index is 12.4. The Kier molecular flexibility index (Phi) is 7.39. The summed E-state index contributed by atoms with van der Waals surface area (Å²) in [6, 6.07) is 7.43. The van der Waals surface area contributed by atoms with Gasteiger partial charge in [-0.3, -0.25) is 9.59 Å². The molecule has 0 aliphatic rings. The van der Waals surface area contributed by atoms with E-state index in [1.165, 1.54) is 6.92 Å². The largest absolute Gasteiger partial charge is 0.496 e. The maximum atomic E-state index is 12.4. The van der Waals surface area contributed by atoms with Gasteiger partial charge in [-0.15, -0.1) is 0 Å². The zero-order valence-corrected chi connectivity index (χ0v) is 13.6. The number of rotatable bonds is 8. The van der Waals surface area contributed by atoms with E-state index in [0.717, 1.165) is 11.3 Å². The smallest absolute Gasteiger partial charge is 0.242 e. The molecule has 6 nitrogen and oxygen atoms in total. The standard InChI is InChI=1S/C16H24N2O4/c1-12(11-21-3)18(16(20)9-17-13(2)19)10-14-7-5-6-8-15(14)22-4/h5-8,12H,9-11H2,1-4H3,(H,17,19). The highest BCUT2D eigenvalue weighted by Gasteiger charge is 2.21. The first-order valence-electron chi connectivity index (χ1n) is 7.14. The SMILES string of the molecule is COCC(C)N(Cc1ccccc1OC)C(=O)CNC(C)=O. The Bertz CT molecular complexity index is 505. The summed E-state index contributed by atoms with van der Waals surface area (Å²) in [6.07, 6.45) is 0. The molecule has 0 bridgehead atoms. The minimum atomic E-state index is -0.231. The monoisotopic (exact) mass is 308 g/mol. The summed E-state index contributed by atoms with van der Waals surface area (Å²) >= 11 is 0. The summed E-state index contributed by atoms with van der Waals surface area (Å²) in [4.78, 5) is 25.1. The van der Waals surface area contributed by atoms with Gasteiger partial charge in [0.15, 0.2) is 0 Å². The summed E-state index contributed by atoms with van der Waals surface area (Å²) in [7, 11) is 3.19. The van der Waals surface area contributed by atoms with Crippen molar-refractivity contribution in [3.05, 3.63) is 29.8 Å². The minimum Gasteiger partial charge on any atom is -0.496 e. The van der Waals surface area contributed by atoms with Crippen LogP contribution >= 0.6 is 0 Å². The molecule has 6 heteroatoms. The summed E-state index contributed by atoms with van der Waals surface area (Å²) in [5.74, 6) is 0.333. The molecule has 1 rings (SSSR count). The van der Waals surface area contributed by atoms with Crippen molar-refractivity contribution in [1.29, 1.82) is 0 Å². The van der Waals surface area contributed by atoms with Crippen molar-refractivity contribution >= 4 is 11.8 Å². The molecule has 1 unspecified atom stereocenters. The lowest BCUT2D eigenvalue weighted by Crippen LogP contribution is -2.45. The van der Waals surface area contributed by atoms with Gasteiger partial charge in [-0.25, -0.2) is 0 Å². The number of hydrogen-bond acceptors (Lipinski definition) is 4. The van der Waals surface area contributed by atoms with Crippen LogP contribution in [-0.4, -0.2) is 50.1 Å². The van der Waals surface area contributed by atoms with Crippen LogP contribution in [0.2, 0.25) is 0 Å². The Balaban J connectivity index is 2.89. The molecule has 0 aromatic heterocycles. The molecule has 1 N–H and O–H groups in total. The molecular formula is C16H24N2O4. The average Bonchev–Trinajstić information content (AvgIpc) is 2.50. The van der Waals surface area contributed by atoms with Gasteiger partial charge in [-0.05, 0) is 13.0 Å². The summed E-state index contributed by atoms with van der Waals surface area (Å²) in [5, 5.41) is 2.53. The first-order chi connectivity index (χ1) is 10.5. The number of para-hydroxylation sites is 1. The lowest BCUT2D eigenvalue weighted by molar-refractivity contribution is -0.135. The van der Waals surface area contributed by atoms with Crippen LogP contribution in [0.4, 0.5) is 0 Å². The predicted octanol–water partition coefficient (Wildman–Crippen LogP) is 1.19. The lowest BCUT2D eigenvalue weighted by Gasteiger charge is -2.29. The summed E-state index contributed by atoms with van der Waals surface area (Å²) in [6.45, 7) is 4.08. The Labute approximate surface area is 131 Å². The average molecular weight is 308 g/mol. The van der Waals surface area contributed by atoms with E-state index in [2.05, 4.69) is 5.32 Å². The predicted molar refractivity (Wildman–Crippen MR) is 83.6 cm³/mol. The van der Waals surface area contributed by atoms with Gasteiger partial charge in [0, 0.05) is 26.1 Å². The lowest BCUT2D eigenvalue weighted by atomic mass is 10.1. The van der Waals surface area contributed by atoms with Crippen LogP contribution in [0.5, 0.6) is 5.75 Å². The number of carbonyl (C=O) groups excluding carboxylic acids is 2. The second kappa shape index (κ2) is 9.04. The van der Waals surface area contributed by atoms with Crippen molar-refractivity contribution in [2.45, 2.75) is 26.4 Å². The van der Waals surface area contributed by atoms with Crippen LogP contribution in [-0.2, 0) is 20.9 Å². The maximum Gasteiger partial charge on any atom is 0.242 e. The van der Waals surface area contributed by atoms with Crippen LogP contribution in [0.1, 0.15) is 19.4 Å². The Morgan fingerprint density at radius 3 is 2.55 bits per heavy atom. The molecular weight excluding hydrogens is 284 g/mol. The van der Waals surface area contributed by atoms with E-state index in [1.807, 2.05) is 31.2 Å². The van der Waals surface area contributed by atoms with Gasteiger partial charge in [0.2, 0.25) is 11.8 Å². The van der Waals surface area contributed by atoms with Crippen LogP contribution in [0.3, 0.4) is 0 Å². The highest BCUT2D eigenvalue weighted by atomic mass is 16.5. The normalized spacial score (nSPS) is 11.6. The van der Waals surface area contributed by atoms with E-state index in [1.54, 1.807) is 19.1 Å². The van der Waals surface area contributed by atoms with Crippen LogP contribution in [0, 0.1) is 0 Å². The van der Waals surface area contributed by atoms with Crippen molar-refractivity contribution < 1.29 is 19.1 Å². The molecule has 0 aliphatic heterocycles. The third-order valence-corrected chi connectivity index (χ3v) is 3.28. The van der Waals surface area contributed by atoms with Crippen molar-refractivity contribution in [2.24, 2.45) is 0 Å². The van der Waals surface area contributed by atoms with E-state index in [0.29, 0.717) is 13.2 Å². The number of methoxy groups -OCH3 is 2. The number of ether oxygens (including phenoxy) is 2. The fourth-order valence-electron chi connectivity index (χ4n) is 2.14. The van der Waals surface area contributed by atoms with Crippen molar-refractivity contribution in [1.82, 2.24) is 10.2 Å². The van der Waals surface area contributed by atoms with Crippen molar-refractivity contribution in [2.75, 3.05) is 27.4 Å². The molecule has 0 saturated heterocycles. The van der Waals surface area contributed by atoms with Gasteiger partial charge < -0.3 is 19.7 Å². The van der Waals surface area contributed by atoms with Gasteiger partial charge >= 0.3 is 0 Å². The minimum absolute atomic E-state index is 0.0292. The van der Waals surface area contributed by atoms with Crippen molar-refractivity contribution in [3.8, 4) is 5.75 Å².